The van der Waals surface area contributed by atoms with E-state index in [2.05, 4.69) is 25.9 Å². The van der Waals surface area contributed by atoms with Gasteiger partial charge in [0, 0.05) is 7.11 Å². The second kappa shape index (κ2) is 10.8. The van der Waals surface area contributed by atoms with Gasteiger partial charge >= 0.3 is 0 Å². The Balaban J connectivity index is 0. The summed E-state index contributed by atoms with van der Waals surface area (Å²) >= 11 is 0. The summed E-state index contributed by atoms with van der Waals surface area (Å²) in [7, 11) is 5.21. The first kappa shape index (κ1) is 11.7. The van der Waals surface area contributed by atoms with Crippen molar-refractivity contribution in [3.63, 3.8) is 0 Å². The molecule has 0 aliphatic rings. The van der Waals surface area contributed by atoms with Gasteiger partial charge in [-0.3, -0.25) is 0 Å². The van der Waals surface area contributed by atoms with Crippen LogP contribution in [0.5, 0.6) is 0 Å². The Hall–Kier alpha value is -0.0800. The lowest BCUT2D eigenvalue weighted by Crippen LogP contribution is -2.12. The lowest BCUT2D eigenvalue weighted by molar-refractivity contribution is 0.398. The lowest BCUT2D eigenvalue weighted by atomic mass is 10.3. The van der Waals surface area contributed by atoms with Gasteiger partial charge in [-0.25, -0.2) is 0 Å². The molecule has 58 valence electrons. The number of hydrogen-bond donors (Lipinski definition) is 1. The van der Waals surface area contributed by atoms with Gasteiger partial charge in [-0.05, 0) is 27.1 Å². The van der Waals surface area contributed by atoms with Crippen molar-refractivity contribution >= 4 is 0 Å². The summed E-state index contributed by atoms with van der Waals surface area (Å²) in [5.41, 5.74) is 0. The van der Waals surface area contributed by atoms with E-state index in [0.717, 1.165) is 7.11 Å². The summed E-state index contributed by atoms with van der Waals surface area (Å²) in [6, 6.07) is 0. The molecule has 0 spiro atoms. The van der Waals surface area contributed by atoms with Crippen molar-refractivity contribution in [3.8, 4) is 0 Å². The third-order valence-electron chi connectivity index (χ3n) is 0.959. The van der Waals surface area contributed by atoms with E-state index in [-0.39, 0.29) is 0 Å². The van der Waals surface area contributed by atoms with Crippen molar-refractivity contribution in [2.45, 2.75) is 19.8 Å². The summed E-state index contributed by atoms with van der Waals surface area (Å²) in [5, 5.41) is 7.00. The maximum Gasteiger partial charge on any atom is 0.0319 e. The average Bonchev–Trinajstić information content (AvgIpc) is 1.88. The van der Waals surface area contributed by atoms with Crippen LogP contribution in [0.1, 0.15) is 19.8 Å². The molecule has 9 heavy (non-hydrogen) atoms. The Morgan fingerprint density at radius 3 is 1.78 bits per heavy atom. The van der Waals surface area contributed by atoms with Crippen LogP contribution >= 0.6 is 0 Å². The summed E-state index contributed by atoms with van der Waals surface area (Å²) < 4.78 is 0. The predicted octanol–water partition coefficient (Wildman–Crippen LogP) is 0.957. The molecule has 0 saturated carbocycles. The molecule has 0 atom stereocenters. The third-order valence-corrected chi connectivity index (χ3v) is 0.959. The van der Waals surface area contributed by atoms with Crippen LogP contribution < -0.4 is 0 Å². The maximum atomic E-state index is 7.00. The second-order valence-corrected chi connectivity index (χ2v) is 2.16. The molecule has 2 heteroatoms. The van der Waals surface area contributed by atoms with Crippen LogP contribution in [0.25, 0.3) is 0 Å². The lowest BCUT2D eigenvalue weighted by Gasteiger charge is -2.05. The molecule has 0 aromatic heterocycles. The van der Waals surface area contributed by atoms with Gasteiger partial charge in [0.1, 0.15) is 0 Å². The minimum atomic E-state index is 1.00. The molecule has 0 aromatic carbocycles. The van der Waals surface area contributed by atoms with Gasteiger partial charge in [-0.1, -0.05) is 13.3 Å². The monoisotopic (exact) mass is 133 g/mol. The van der Waals surface area contributed by atoms with Crippen LogP contribution in [-0.2, 0) is 0 Å². The number of nitrogens with zero attached hydrogens (tertiary/aromatic N) is 1. The van der Waals surface area contributed by atoms with E-state index in [1.807, 2.05) is 0 Å². The number of aliphatic hydroxyl groups is 1. The number of aliphatic hydroxyl groups excluding tert-OH is 1. The van der Waals surface area contributed by atoms with Gasteiger partial charge in [-0.15, -0.1) is 0 Å². The van der Waals surface area contributed by atoms with Crippen molar-refractivity contribution in [1.29, 1.82) is 0 Å². The normalized spacial score (nSPS) is 8.67. The fraction of sp³-hybridized carbons (Fsp3) is 1.00. The number of unbranched alkanes of at least 4 members (excludes halogenated alkanes) is 1. The SMILES string of the molecule is CCCCN(C)C.CO. The molecule has 0 amide bonds. The second-order valence-electron chi connectivity index (χ2n) is 2.16. The van der Waals surface area contributed by atoms with Gasteiger partial charge in [0.15, 0.2) is 0 Å². The quantitative estimate of drug-likeness (QED) is 0.619. The minimum Gasteiger partial charge on any atom is -0.400 e. The molecular formula is C7H19NO. The van der Waals surface area contributed by atoms with Crippen molar-refractivity contribution < 1.29 is 5.11 Å². The van der Waals surface area contributed by atoms with Crippen LogP contribution in [0, 0.1) is 0 Å². The molecule has 0 fully saturated rings. The Morgan fingerprint density at radius 1 is 1.22 bits per heavy atom. The smallest absolute Gasteiger partial charge is 0.0319 e. The molecule has 2 nitrogen and oxygen atoms in total. The fourth-order valence-electron chi connectivity index (χ4n) is 0.474. The Labute approximate surface area is 58.5 Å². The molecule has 0 unspecified atom stereocenters. The van der Waals surface area contributed by atoms with E-state index in [9.17, 15) is 0 Å². The van der Waals surface area contributed by atoms with Crippen LogP contribution in [0.15, 0.2) is 0 Å². The molecule has 0 bridgehead atoms. The first-order valence-corrected chi connectivity index (χ1v) is 3.36. The highest BCUT2D eigenvalue weighted by molar-refractivity contribution is 4.39. The highest BCUT2D eigenvalue weighted by Gasteiger charge is 1.83. The topological polar surface area (TPSA) is 23.5 Å². The van der Waals surface area contributed by atoms with Gasteiger partial charge in [-0.2, -0.15) is 0 Å². The standard InChI is InChI=1S/C6H15N.CH4O/c1-4-5-6-7(2)3;1-2/h4-6H2,1-3H3;2H,1H3. The van der Waals surface area contributed by atoms with Crippen molar-refractivity contribution in [1.82, 2.24) is 4.90 Å². The maximum absolute atomic E-state index is 7.00. The predicted molar refractivity (Wildman–Crippen MR) is 41.6 cm³/mol. The molecule has 0 saturated heterocycles. The first-order valence-electron chi connectivity index (χ1n) is 3.36. The summed E-state index contributed by atoms with van der Waals surface area (Å²) in [4.78, 5) is 2.21. The largest absolute Gasteiger partial charge is 0.400 e. The zero-order valence-corrected chi connectivity index (χ0v) is 7.02. The molecule has 0 aromatic rings. The third kappa shape index (κ3) is 18.1. The van der Waals surface area contributed by atoms with Crippen molar-refractivity contribution in [3.05, 3.63) is 0 Å². The van der Waals surface area contributed by atoms with E-state index in [0.29, 0.717) is 0 Å². The summed E-state index contributed by atoms with van der Waals surface area (Å²) in [5.74, 6) is 0. The Morgan fingerprint density at radius 2 is 1.67 bits per heavy atom. The zero-order valence-electron chi connectivity index (χ0n) is 7.02. The molecule has 0 aliphatic heterocycles. The molecule has 0 heterocycles. The molecule has 1 N–H and O–H groups in total. The van der Waals surface area contributed by atoms with Gasteiger partial charge in [0.25, 0.3) is 0 Å². The highest BCUT2D eigenvalue weighted by Crippen LogP contribution is 1.86. The van der Waals surface area contributed by atoms with E-state index in [1.165, 1.54) is 19.4 Å². The average molecular weight is 133 g/mol. The summed E-state index contributed by atoms with van der Waals surface area (Å²) in [6.07, 6.45) is 2.63. The number of rotatable bonds is 3. The van der Waals surface area contributed by atoms with E-state index in [1.54, 1.807) is 0 Å². The van der Waals surface area contributed by atoms with Crippen LogP contribution in [0.2, 0.25) is 0 Å². The Bertz CT molecular complexity index is 37.9. The van der Waals surface area contributed by atoms with E-state index >= 15 is 0 Å². The van der Waals surface area contributed by atoms with Crippen LogP contribution in [0.3, 0.4) is 0 Å². The summed E-state index contributed by atoms with van der Waals surface area (Å²) in [6.45, 7) is 3.44. The first-order chi connectivity index (χ1) is 4.27. The van der Waals surface area contributed by atoms with E-state index in [4.69, 9.17) is 5.11 Å². The highest BCUT2D eigenvalue weighted by atomic mass is 16.2. The Kier molecular flexibility index (Phi) is 14.0. The van der Waals surface area contributed by atoms with Crippen molar-refractivity contribution in [2.75, 3.05) is 27.7 Å². The van der Waals surface area contributed by atoms with Crippen LogP contribution in [0.4, 0.5) is 0 Å². The van der Waals surface area contributed by atoms with Crippen molar-refractivity contribution in [2.24, 2.45) is 0 Å². The zero-order chi connectivity index (χ0) is 7.70. The molecule has 0 radical (unpaired) electrons. The molecule has 0 rings (SSSR count). The fourth-order valence-corrected chi connectivity index (χ4v) is 0.474. The minimum absolute atomic E-state index is 1.00. The molecular weight excluding hydrogens is 114 g/mol. The van der Waals surface area contributed by atoms with Gasteiger partial charge in [0.2, 0.25) is 0 Å². The molecule has 0 aliphatic carbocycles. The van der Waals surface area contributed by atoms with E-state index < -0.39 is 0 Å². The van der Waals surface area contributed by atoms with Gasteiger partial charge in [0.05, 0.1) is 0 Å². The van der Waals surface area contributed by atoms with Crippen LogP contribution in [-0.4, -0.2) is 37.8 Å². The van der Waals surface area contributed by atoms with Gasteiger partial charge < -0.3 is 10.0 Å². The number of hydrogen-bond acceptors (Lipinski definition) is 2.